The molecule has 0 aliphatic carbocycles. The maximum absolute atomic E-state index is 14.3. The van der Waals surface area contributed by atoms with Gasteiger partial charge in [-0.2, -0.15) is 0 Å². The number of likely N-dealkylation sites (tertiary alicyclic amines) is 1. The largest absolute Gasteiger partial charge is 0.366 e. The topological polar surface area (TPSA) is 54.0 Å². The van der Waals surface area contributed by atoms with E-state index in [0.29, 0.717) is 26.2 Å². The molecule has 1 N–H and O–H groups in total. The number of nitrogens with one attached hydrogen (secondary N) is 1. The molecule has 4 rings (SSSR count). The van der Waals surface area contributed by atoms with E-state index in [-0.39, 0.29) is 0 Å². The van der Waals surface area contributed by atoms with E-state index in [4.69, 9.17) is 4.74 Å². The van der Waals surface area contributed by atoms with Crippen LogP contribution in [0, 0.1) is 13.8 Å². The quantitative estimate of drug-likeness (QED) is 0.764. The zero-order valence-electron chi connectivity index (χ0n) is 15.1. The van der Waals surface area contributed by atoms with Crippen LogP contribution in [-0.4, -0.2) is 45.2 Å². The molecule has 2 aromatic heterocycles. The molecule has 0 radical (unpaired) electrons. The highest BCUT2D eigenvalue weighted by molar-refractivity contribution is 5.77. The Balaban J connectivity index is 1.37. The monoisotopic (exact) mass is 354 g/mol. The van der Waals surface area contributed by atoms with E-state index in [1.807, 2.05) is 12.1 Å². The Morgan fingerprint density at radius 3 is 2.77 bits per heavy atom. The molecule has 3 heterocycles. The summed E-state index contributed by atoms with van der Waals surface area (Å²) >= 11 is 0. The number of ether oxygens (including phenoxy) is 1. The van der Waals surface area contributed by atoms with Gasteiger partial charge in [-0.05, 0) is 54.8 Å². The van der Waals surface area contributed by atoms with Crippen LogP contribution in [0.3, 0.4) is 0 Å². The van der Waals surface area contributed by atoms with Crippen LogP contribution >= 0.6 is 0 Å². The highest BCUT2D eigenvalue weighted by Crippen LogP contribution is 2.21. The molecule has 2 atom stereocenters. The molecule has 0 bridgehead atoms. The molecule has 0 amide bonds. The Kier molecular flexibility index (Phi) is 4.70. The van der Waals surface area contributed by atoms with Gasteiger partial charge in [0, 0.05) is 32.0 Å². The van der Waals surface area contributed by atoms with Crippen molar-refractivity contribution in [1.82, 2.24) is 19.9 Å². The van der Waals surface area contributed by atoms with Crippen LogP contribution in [0.4, 0.5) is 4.39 Å². The number of imidazole rings is 1. The van der Waals surface area contributed by atoms with Crippen LogP contribution in [-0.2, 0) is 17.9 Å². The van der Waals surface area contributed by atoms with Crippen LogP contribution in [0.2, 0.25) is 0 Å². The zero-order valence-corrected chi connectivity index (χ0v) is 15.1. The minimum Gasteiger partial charge on any atom is -0.366 e. The summed E-state index contributed by atoms with van der Waals surface area (Å²) in [7, 11) is 0. The van der Waals surface area contributed by atoms with E-state index in [1.54, 1.807) is 12.4 Å². The first-order valence-corrected chi connectivity index (χ1v) is 8.91. The molecule has 0 unspecified atom stereocenters. The second kappa shape index (κ2) is 7.13. The number of aromatic amines is 1. The maximum atomic E-state index is 14.3. The maximum Gasteiger partial charge on any atom is 0.140 e. The third kappa shape index (κ3) is 3.61. The Morgan fingerprint density at radius 2 is 1.96 bits per heavy atom. The van der Waals surface area contributed by atoms with Gasteiger partial charge in [0.15, 0.2) is 0 Å². The first-order chi connectivity index (χ1) is 12.6. The van der Waals surface area contributed by atoms with Crippen LogP contribution < -0.4 is 0 Å². The Morgan fingerprint density at radius 1 is 1.19 bits per heavy atom. The molecule has 6 heteroatoms. The number of halogens is 1. The molecule has 5 nitrogen and oxygen atoms in total. The second-order valence-electron chi connectivity index (χ2n) is 7.05. The summed E-state index contributed by atoms with van der Waals surface area (Å²) in [6, 6.07) is 8.07. The molecule has 26 heavy (non-hydrogen) atoms. The van der Waals surface area contributed by atoms with Gasteiger partial charge in [0.25, 0.3) is 0 Å². The smallest absolute Gasteiger partial charge is 0.140 e. The molecule has 0 spiro atoms. The van der Waals surface area contributed by atoms with Crippen LogP contribution in [0.1, 0.15) is 22.5 Å². The fraction of sp³-hybridized carbons (Fsp3) is 0.400. The fourth-order valence-electron chi connectivity index (χ4n) is 3.42. The summed E-state index contributed by atoms with van der Waals surface area (Å²) < 4.78 is 20.2. The van der Waals surface area contributed by atoms with E-state index in [9.17, 15) is 4.39 Å². The minimum atomic E-state index is -0.981. The number of hydrogen-bond donors (Lipinski definition) is 1. The summed E-state index contributed by atoms with van der Waals surface area (Å²) in [4.78, 5) is 13.9. The van der Waals surface area contributed by atoms with Gasteiger partial charge in [-0.3, -0.25) is 9.88 Å². The van der Waals surface area contributed by atoms with Crippen LogP contribution in [0.25, 0.3) is 11.0 Å². The molecule has 0 saturated carbocycles. The van der Waals surface area contributed by atoms with Gasteiger partial charge >= 0.3 is 0 Å². The number of pyridine rings is 1. The second-order valence-corrected chi connectivity index (χ2v) is 7.05. The Labute approximate surface area is 152 Å². The van der Waals surface area contributed by atoms with E-state index in [0.717, 1.165) is 22.4 Å². The highest BCUT2D eigenvalue weighted by Gasteiger charge is 2.33. The summed E-state index contributed by atoms with van der Waals surface area (Å²) in [6.45, 7) is 6.14. The number of aryl methyl sites for hydroxylation is 2. The van der Waals surface area contributed by atoms with Crippen molar-refractivity contribution >= 4 is 11.0 Å². The summed E-state index contributed by atoms with van der Waals surface area (Å²) in [5, 5.41) is 0. The normalized spacial score (nSPS) is 20.9. The lowest BCUT2D eigenvalue weighted by Crippen LogP contribution is -2.24. The fourth-order valence-corrected chi connectivity index (χ4v) is 3.42. The summed E-state index contributed by atoms with van der Waals surface area (Å²) in [5.41, 5.74) is 5.49. The van der Waals surface area contributed by atoms with E-state index >= 15 is 0 Å². The van der Waals surface area contributed by atoms with Gasteiger partial charge in [-0.15, -0.1) is 0 Å². The van der Waals surface area contributed by atoms with E-state index < -0.39 is 12.3 Å². The predicted octanol–water partition coefficient (Wildman–Crippen LogP) is 3.31. The number of nitrogens with zero attached hydrogens (tertiary/aromatic N) is 3. The van der Waals surface area contributed by atoms with Gasteiger partial charge in [-0.25, -0.2) is 9.37 Å². The van der Waals surface area contributed by atoms with Gasteiger partial charge < -0.3 is 9.72 Å². The minimum absolute atomic E-state index is 0.293. The number of rotatable bonds is 5. The van der Waals surface area contributed by atoms with Crippen molar-refractivity contribution in [1.29, 1.82) is 0 Å². The first kappa shape index (κ1) is 17.1. The molecule has 1 aromatic carbocycles. The number of hydrogen-bond acceptors (Lipinski definition) is 4. The number of aromatic nitrogens is 3. The molecule has 1 fully saturated rings. The van der Waals surface area contributed by atoms with Gasteiger partial charge in [-0.1, -0.05) is 0 Å². The van der Waals surface area contributed by atoms with Gasteiger partial charge in [0.05, 0.1) is 11.0 Å². The third-order valence-electron chi connectivity index (χ3n) is 5.01. The summed E-state index contributed by atoms with van der Waals surface area (Å²) in [5.74, 6) is 0.741. The average Bonchev–Trinajstić information content (AvgIpc) is 3.17. The number of H-pyrrole nitrogens is 1. The van der Waals surface area contributed by atoms with Crippen molar-refractivity contribution in [3.8, 4) is 0 Å². The number of alkyl halides is 1. The lowest BCUT2D eigenvalue weighted by Gasteiger charge is -2.15. The van der Waals surface area contributed by atoms with Crippen molar-refractivity contribution in [3.63, 3.8) is 0 Å². The first-order valence-electron chi connectivity index (χ1n) is 8.91. The number of benzene rings is 1. The molecule has 1 aliphatic heterocycles. The highest BCUT2D eigenvalue weighted by atomic mass is 19.1. The Bertz CT molecular complexity index is 856. The SMILES string of the molecule is Cc1cc2nc(CO[C@H]3CN(Cc4ccncc4)C[C@H]3F)[nH]c2cc1C. The molecular formula is C20H23FN4O. The van der Waals surface area contributed by atoms with Crippen molar-refractivity contribution in [2.45, 2.75) is 39.3 Å². The van der Waals surface area contributed by atoms with Crippen molar-refractivity contribution < 1.29 is 9.13 Å². The molecular weight excluding hydrogens is 331 g/mol. The molecule has 1 aliphatic rings. The average molecular weight is 354 g/mol. The lowest BCUT2D eigenvalue weighted by atomic mass is 10.1. The van der Waals surface area contributed by atoms with Crippen molar-refractivity contribution in [3.05, 3.63) is 59.2 Å². The van der Waals surface area contributed by atoms with Crippen LogP contribution in [0.5, 0.6) is 0 Å². The lowest BCUT2D eigenvalue weighted by molar-refractivity contribution is 0.00863. The van der Waals surface area contributed by atoms with Crippen LogP contribution in [0.15, 0.2) is 36.7 Å². The zero-order chi connectivity index (χ0) is 18.1. The predicted molar refractivity (Wildman–Crippen MR) is 98.6 cm³/mol. The molecule has 136 valence electrons. The molecule has 3 aromatic rings. The third-order valence-corrected chi connectivity index (χ3v) is 5.01. The standard InChI is InChI=1S/C20H23FN4O/c1-13-7-17-18(8-14(13)2)24-20(23-17)12-26-19-11-25(10-16(19)21)9-15-3-5-22-6-4-15/h3-8,16,19H,9-12H2,1-2H3,(H,23,24)/t16-,19+/m1/s1. The number of fused-ring (bicyclic) bond motifs is 1. The van der Waals surface area contributed by atoms with Gasteiger partial charge in [0.2, 0.25) is 0 Å². The van der Waals surface area contributed by atoms with Crippen molar-refractivity contribution in [2.24, 2.45) is 0 Å². The van der Waals surface area contributed by atoms with E-state index in [1.165, 1.54) is 11.1 Å². The summed E-state index contributed by atoms with van der Waals surface area (Å²) in [6.07, 6.45) is 2.12. The van der Waals surface area contributed by atoms with E-state index in [2.05, 4.69) is 45.8 Å². The van der Waals surface area contributed by atoms with Gasteiger partial charge in [0.1, 0.15) is 24.7 Å². The Hall–Kier alpha value is -2.31. The molecule has 1 saturated heterocycles. The van der Waals surface area contributed by atoms with Crippen molar-refractivity contribution in [2.75, 3.05) is 13.1 Å².